The van der Waals surface area contributed by atoms with Crippen molar-refractivity contribution in [3.05, 3.63) is 75.0 Å². The highest BCUT2D eigenvalue weighted by molar-refractivity contribution is 7.11. The Morgan fingerprint density at radius 3 is 2.32 bits per heavy atom. The van der Waals surface area contributed by atoms with Crippen LogP contribution in [-0.2, 0) is 22.5 Å². The van der Waals surface area contributed by atoms with Crippen molar-refractivity contribution in [1.82, 2.24) is 9.80 Å². The second-order valence-electron chi connectivity index (χ2n) is 9.97. The molecule has 0 saturated carbocycles. The summed E-state index contributed by atoms with van der Waals surface area (Å²) >= 11 is 1.68. The minimum absolute atomic E-state index is 0.0287. The third-order valence-corrected chi connectivity index (χ3v) is 7.89. The third kappa shape index (κ3) is 9.79. The van der Waals surface area contributed by atoms with Gasteiger partial charge in [-0.05, 0) is 93.6 Å². The van der Waals surface area contributed by atoms with Gasteiger partial charge in [-0.15, -0.1) is 11.3 Å². The molecule has 0 aliphatic carbocycles. The molecular weight excluding hydrogens is 538 g/mol. The summed E-state index contributed by atoms with van der Waals surface area (Å²) in [6.07, 6.45) is 1.27. The molecule has 0 saturated heterocycles. The van der Waals surface area contributed by atoms with E-state index in [9.17, 15) is 9.59 Å². The average molecular weight is 582 g/mol. The number of thiophene rings is 1. The highest BCUT2D eigenvalue weighted by Gasteiger charge is 2.22. The van der Waals surface area contributed by atoms with Crippen molar-refractivity contribution in [1.29, 1.82) is 0 Å². The SMILES string of the molecule is CCOCCCN(CC(=O)N(CCc1ccc(OC)c(OC)c1)Cc1ccc(C)s1)C(=O)Nc1ccc(C)c(C)c1. The van der Waals surface area contributed by atoms with Gasteiger partial charge in [0.25, 0.3) is 0 Å². The van der Waals surface area contributed by atoms with Crippen LogP contribution in [-0.4, -0.2) is 68.8 Å². The van der Waals surface area contributed by atoms with Crippen molar-refractivity contribution in [3.63, 3.8) is 0 Å². The van der Waals surface area contributed by atoms with Gasteiger partial charge in [-0.25, -0.2) is 4.79 Å². The van der Waals surface area contributed by atoms with Gasteiger partial charge in [0.1, 0.15) is 6.54 Å². The first-order chi connectivity index (χ1) is 19.7. The van der Waals surface area contributed by atoms with Gasteiger partial charge in [-0.1, -0.05) is 12.1 Å². The Kier molecular flexibility index (Phi) is 12.5. The van der Waals surface area contributed by atoms with Crippen LogP contribution in [0.15, 0.2) is 48.5 Å². The molecule has 222 valence electrons. The zero-order chi connectivity index (χ0) is 29.8. The molecule has 0 atom stereocenters. The van der Waals surface area contributed by atoms with Gasteiger partial charge in [0.05, 0.1) is 20.8 Å². The van der Waals surface area contributed by atoms with E-state index >= 15 is 0 Å². The van der Waals surface area contributed by atoms with Gasteiger partial charge < -0.3 is 29.3 Å². The number of benzene rings is 2. The second-order valence-corrected chi connectivity index (χ2v) is 11.3. The smallest absolute Gasteiger partial charge is 0.322 e. The zero-order valence-electron chi connectivity index (χ0n) is 25.1. The highest BCUT2D eigenvalue weighted by Crippen LogP contribution is 2.28. The number of nitrogens with zero attached hydrogens (tertiary/aromatic N) is 2. The van der Waals surface area contributed by atoms with Crippen LogP contribution in [0.1, 0.15) is 39.8 Å². The Labute approximate surface area is 248 Å². The summed E-state index contributed by atoms with van der Waals surface area (Å²) in [6.45, 7) is 10.5. The van der Waals surface area contributed by atoms with Crippen LogP contribution in [0, 0.1) is 20.8 Å². The van der Waals surface area contributed by atoms with Crippen LogP contribution in [0.4, 0.5) is 10.5 Å². The fraction of sp³-hybridized carbons (Fsp3) is 0.438. The Hall–Kier alpha value is -3.56. The lowest BCUT2D eigenvalue weighted by Crippen LogP contribution is -2.45. The number of carbonyl (C=O) groups is 2. The van der Waals surface area contributed by atoms with Gasteiger partial charge in [0, 0.05) is 41.7 Å². The summed E-state index contributed by atoms with van der Waals surface area (Å²) < 4.78 is 16.3. The lowest BCUT2D eigenvalue weighted by atomic mass is 10.1. The number of nitrogens with one attached hydrogen (secondary N) is 1. The van der Waals surface area contributed by atoms with Gasteiger partial charge in [-0.3, -0.25) is 4.79 Å². The van der Waals surface area contributed by atoms with Crippen LogP contribution < -0.4 is 14.8 Å². The topological polar surface area (TPSA) is 80.3 Å². The van der Waals surface area contributed by atoms with Crippen LogP contribution >= 0.6 is 11.3 Å². The molecule has 8 nitrogen and oxygen atoms in total. The molecule has 0 unspecified atom stereocenters. The number of amides is 3. The number of methoxy groups -OCH3 is 2. The zero-order valence-corrected chi connectivity index (χ0v) is 25.9. The van der Waals surface area contributed by atoms with Crippen molar-refractivity contribution in [2.45, 2.75) is 47.1 Å². The number of anilines is 1. The molecule has 1 aromatic heterocycles. The van der Waals surface area contributed by atoms with Crippen molar-refractivity contribution in [3.8, 4) is 11.5 Å². The molecule has 3 rings (SSSR count). The summed E-state index contributed by atoms with van der Waals surface area (Å²) in [6, 6.07) is 15.4. The van der Waals surface area contributed by atoms with E-state index in [4.69, 9.17) is 14.2 Å². The molecule has 41 heavy (non-hydrogen) atoms. The predicted octanol–water partition coefficient (Wildman–Crippen LogP) is 6.22. The van der Waals surface area contributed by atoms with E-state index in [1.807, 2.05) is 62.1 Å². The first-order valence-electron chi connectivity index (χ1n) is 14.0. The van der Waals surface area contributed by atoms with Crippen LogP contribution in [0.25, 0.3) is 0 Å². The maximum atomic E-state index is 13.8. The molecule has 0 fully saturated rings. The minimum atomic E-state index is -0.301. The molecule has 3 aromatic rings. The Balaban J connectivity index is 1.77. The highest BCUT2D eigenvalue weighted by atomic mass is 32.1. The molecule has 1 heterocycles. The predicted molar refractivity (Wildman–Crippen MR) is 165 cm³/mol. The molecule has 0 aliphatic heterocycles. The number of urea groups is 1. The summed E-state index contributed by atoms with van der Waals surface area (Å²) in [4.78, 5) is 32.9. The number of rotatable bonds is 15. The Bertz CT molecular complexity index is 1290. The molecule has 3 amide bonds. The lowest BCUT2D eigenvalue weighted by Gasteiger charge is -2.28. The maximum absolute atomic E-state index is 13.8. The van der Waals surface area contributed by atoms with Gasteiger partial charge in [-0.2, -0.15) is 0 Å². The van der Waals surface area contributed by atoms with E-state index in [-0.39, 0.29) is 18.5 Å². The largest absolute Gasteiger partial charge is 0.493 e. The van der Waals surface area contributed by atoms with Crippen LogP contribution in [0.3, 0.4) is 0 Å². The number of carbonyl (C=O) groups excluding carboxylic acids is 2. The number of hydrogen-bond acceptors (Lipinski definition) is 6. The van der Waals surface area contributed by atoms with E-state index in [0.29, 0.717) is 62.9 Å². The number of hydrogen-bond donors (Lipinski definition) is 1. The first kappa shape index (κ1) is 32.0. The van der Waals surface area contributed by atoms with Gasteiger partial charge >= 0.3 is 6.03 Å². The summed E-state index contributed by atoms with van der Waals surface area (Å²) in [5, 5.41) is 2.98. The molecule has 0 spiro atoms. The quantitative estimate of drug-likeness (QED) is 0.216. The van der Waals surface area contributed by atoms with Crippen LogP contribution in [0.5, 0.6) is 11.5 Å². The minimum Gasteiger partial charge on any atom is -0.493 e. The summed E-state index contributed by atoms with van der Waals surface area (Å²) in [7, 11) is 3.22. The van der Waals surface area contributed by atoms with Crippen molar-refractivity contribution < 1.29 is 23.8 Å². The standard InChI is InChI=1S/C32H43N3O5S/c1-7-40-18-8-16-35(32(37)33-27-12-9-23(2)24(3)19-27)22-31(36)34(21-28-13-10-25(4)41-28)17-15-26-11-14-29(38-5)30(20-26)39-6/h9-14,19-20H,7-8,15-18,21-22H2,1-6H3,(H,33,37). The van der Waals surface area contributed by atoms with E-state index < -0.39 is 0 Å². The molecule has 0 radical (unpaired) electrons. The first-order valence-corrected chi connectivity index (χ1v) is 14.8. The van der Waals surface area contributed by atoms with Crippen LogP contribution in [0.2, 0.25) is 0 Å². The summed E-state index contributed by atoms with van der Waals surface area (Å²) in [5.41, 5.74) is 3.98. The maximum Gasteiger partial charge on any atom is 0.322 e. The van der Waals surface area contributed by atoms with E-state index in [0.717, 1.165) is 21.6 Å². The van der Waals surface area contributed by atoms with Gasteiger partial charge in [0.15, 0.2) is 11.5 Å². The monoisotopic (exact) mass is 581 g/mol. The van der Waals surface area contributed by atoms with Crippen molar-refractivity contribution >= 4 is 29.0 Å². The normalized spacial score (nSPS) is 10.8. The van der Waals surface area contributed by atoms with E-state index in [1.165, 1.54) is 4.88 Å². The summed E-state index contributed by atoms with van der Waals surface area (Å²) in [5.74, 6) is 1.21. The molecule has 0 aliphatic rings. The average Bonchev–Trinajstić information content (AvgIpc) is 3.38. The van der Waals surface area contributed by atoms with Gasteiger partial charge in [0.2, 0.25) is 5.91 Å². The molecule has 0 bridgehead atoms. The molecule has 9 heteroatoms. The second kappa shape index (κ2) is 16.0. The van der Waals surface area contributed by atoms with Crippen molar-refractivity contribution in [2.75, 3.05) is 52.4 Å². The Morgan fingerprint density at radius 1 is 0.878 bits per heavy atom. The molecule has 1 N–H and O–H groups in total. The third-order valence-electron chi connectivity index (χ3n) is 6.91. The fourth-order valence-corrected chi connectivity index (χ4v) is 5.30. The fourth-order valence-electron chi connectivity index (χ4n) is 4.39. The molecule has 2 aromatic carbocycles. The number of aryl methyl sites for hydroxylation is 3. The van der Waals surface area contributed by atoms with Crippen molar-refractivity contribution in [2.24, 2.45) is 0 Å². The lowest BCUT2D eigenvalue weighted by molar-refractivity contribution is -0.132. The number of ether oxygens (including phenoxy) is 3. The van der Waals surface area contributed by atoms with E-state index in [2.05, 4.69) is 24.4 Å². The van der Waals surface area contributed by atoms with E-state index in [1.54, 1.807) is 30.5 Å². The Morgan fingerprint density at radius 2 is 1.66 bits per heavy atom. The molecular formula is C32H43N3O5S.